The fourth-order valence-corrected chi connectivity index (χ4v) is 4.13. The molecule has 186 valence electrons. The molecule has 0 radical (unpaired) electrons. The Morgan fingerprint density at radius 1 is 0.895 bits per heavy atom. The number of carbonyl (C=O) groups excluding carboxylic acids is 1. The maximum atomic E-state index is 12.7. The van der Waals surface area contributed by atoms with Crippen molar-refractivity contribution in [2.75, 3.05) is 26.3 Å². The molecule has 1 aliphatic heterocycles. The van der Waals surface area contributed by atoms with E-state index in [0.29, 0.717) is 54.8 Å². The SMILES string of the molecule is O=C(c1ccc(-c2ccc3ncc(C#Cc4ccnc(Oc5ccccc5)c4)n3n2)cc1)N1CCOCC1. The number of carbonyl (C=O) groups is 1. The van der Waals surface area contributed by atoms with Gasteiger partial charge in [0.25, 0.3) is 5.91 Å². The van der Waals surface area contributed by atoms with E-state index in [1.807, 2.05) is 77.7 Å². The predicted octanol–water partition coefficient (Wildman–Crippen LogP) is 4.46. The van der Waals surface area contributed by atoms with Crippen molar-refractivity contribution in [3.05, 3.63) is 108 Å². The third-order valence-electron chi connectivity index (χ3n) is 6.12. The number of imidazole rings is 1. The van der Waals surface area contributed by atoms with Gasteiger partial charge in [-0.1, -0.05) is 36.3 Å². The zero-order valence-electron chi connectivity index (χ0n) is 20.4. The van der Waals surface area contributed by atoms with Gasteiger partial charge in [-0.05, 0) is 48.4 Å². The fraction of sp³-hybridized carbons (Fsp3) is 0.133. The number of morpholine rings is 1. The van der Waals surface area contributed by atoms with Crippen LogP contribution in [-0.2, 0) is 4.74 Å². The Kier molecular flexibility index (Phi) is 6.49. The van der Waals surface area contributed by atoms with Gasteiger partial charge in [0.05, 0.1) is 25.1 Å². The van der Waals surface area contributed by atoms with Crippen LogP contribution in [0.4, 0.5) is 0 Å². The topological polar surface area (TPSA) is 81.8 Å². The van der Waals surface area contributed by atoms with Crippen molar-refractivity contribution in [1.29, 1.82) is 0 Å². The van der Waals surface area contributed by atoms with Gasteiger partial charge in [-0.2, -0.15) is 5.10 Å². The quantitative estimate of drug-likeness (QED) is 0.339. The predicted molar refractivity (Wildman–Crippen MR) is 142 cm³/mol. The highest BCUT2D eigenvalue weighted by atomic mass is 16.5. The molecule has 8 nitrogen and oxygen atoms in total. The Bertz CT molecular complexity index is 1650. The number of amides is 1. The number of pyridine rings is 1. The minimum atomic E-state index is 0.0175. The molecule has 0 saturated carbocycles. The Labute approximate surface area is 219 Å². The smallest absolute Gasteiger partial charge is 0.254 e. The number of hydrogen-bond donors (Lipinski definition) is 0. The highest BCUT2D eigenvalue weighted by Crippen LogP contribution is 2.21. The Morgan fingerprint density at radius 2 is 1.71 bits per heavy atom. The van der Waals surface area contributed by atoms with Crippen molar-refractivity contribution in [2.24, 2.45) is 0 Å². The van der Waals surface area contributed by atoms with Gasteiger partial charge in [0.15, 0.2) is 5.65 Å². The van der Waals surface area contributed by atoms with E-state index < -0.39 is 0 Å². The molecule has 3 aromatic heterocycles. The molecule has 1 amide bonds. The summed E-state index contributed by atoms with van der Waals surface area (Å²) in [6.07, 6.45) is 3.37. The van der Waals surface area contributed by atoms with Gasteiger partial charge in [0.1, 0.15) is 11.4 Å². The van der Waals surface area contributed by atoms with E-state index in [4.69, 9.17) is 14.6 Å². The van der Waals surface area contributed by atoms with Gasteiger partial charge in [-0.25, -0.2) is 14.5 Å². The zero-order valence-corrected chi connectivity index (χ0v) is 20.4. The number of aromatic nitrogens is 4. The Hall–Kier alpha value is -5.00. The van der Waals surface area contributed by atoms with Crippen LogP contribution in [0.15, 0.2) is 91.3 Å². The van der Waals surface area contributed by atoms with Crippen LogP contribution in [0.2, 0.25) is 0 Å². The third kappa shape index (κ3) is 5.09. The molecule has 38 heavy (non-hydrogen) atoms. The summed E-state index contributed by atoms with van der Waals surface area (Å²) >= 11 is 0. The lowest BCUT2D eigenvalue weighted by Crippen LogP contribution is -2.40. The van der Waals surface area contributed by atoms with Crippen LogP contribution in [0.3, 0.4) is 0 Å². The van der Waals surface area contributed by atoms with E-state index in [1.54, 1.807) is 23.0 Å². The lowest BCUT2D eigenvalue weighted by atomic mass is 10.1. The first-order valence-corrected chi connectivity index (χ1v) is 12.3. The maximum absolute atomic E-state index is 12.7. The highest BCUT2D eigenvalue weighted by molar-refractivity contribution is 5.94. The van der Waals surface area contributed by atoms with Crippen LogP contribution in [0, 0.1) is 11.8 Å². The minimum Gasteiger partial charge on any atom is -0.439 e. The standard InChI is InChI=1S/C30H23N5O3/c36-30(34-16-18-37-19-17-34)24-9-7-23(8-10-24)27-12-13-28-32-21-25(35(28)33-27)11-6-22-14-15-31-29(20-22)38-26-4-2-1-3-5-26/h1-5,7-10,12-15,20-21H,16-19H2. The number of para-hydroxylation sites is 1. The first-order valence-electron chi connectivity index (χ1n) is 12.3. The molecule has 8 heteroatoms. The first-order chi connectivity index (χ1) is 18.7. The summed E-state index contributed by atoms with van der Waals surface area (Å²) in [5.74, 6) is 7.51. The van der Waals surface area contributed by atoms with E-state index in [-0.39, 0.29) is 5.91 Å². The van der Waals surface area contributed by atoms with Crippen molar-refractivity contribution in [2.45, 2.75) is 0 Å². The van der Waals surface area contributed by atoms with Crippen LogP contribution in [0.25, 0.3) is 16.9 Å². The second-order valence-corrected chi connectivity index (χ2v) is 8.66. The molecule has 2 aromatic carbocycles. The first kappa shape index (κ1) is 23.4. The second kappa shape index (κ2) is 10.5. The van der Waals surface area contributed by atoms with Crippen LogP contribution in [-0.4, -0.2) is 56.7 Å². The molecule has 0 atom stereocenters. The van der Waals surface area contributed by atoms with Gasteiger partial charge in [-0.3, -0.25) is 4.79 Å². The summed E-state index contributed by atoms with van der Waals surface area (Å²) in [6, 6.07) is 24.4. The molecule has 1 saturated heterocycles. The lowest BCUT2D eigenvalue weighted by Gasteiger charge is -2.26. The molecule has 0 aliphatic carbocycles. The van der Waals surface area contributed by atoms with Gasteiger partial charge < -0.3 is 14.4 Å². The van der Waals surface area contributed by atoms with Gasteiger partial charge in [0, 0.05) is 42.0 Å². The van der Waals surface area contributed by atoms with E-state index in [0.717, 1.165) is 16.8 Å². The Morgan fingerprint density at radius 3 is 2.53 bits per heavy atom. The molecule has 0 bridgehead atoms. The third-order valence-corrected chi connectivity index (χ3v) is 6.12. The van der Waals surface area contributed by atoms with Crippen molar-refractivity contribution in [1.82, 2.24) is 24.5 Å². The summed E-state index contributed by atoms with van der Waals surface area (Å²) in [7, 11) is 0. The number of fused-ring (bicyclic) bond motifs is 1. The average Bonchev–Trinajstić information content (AvgIpc) is 3.39. The highest BCUT2D eigenvalue weighted by Gasteiger charge is 2.18. The molecule has 4 heterocycles. The second-order valence-electron chi connectivity index (χ2n) is 8.66. The molecular formula is C30H23N5O3. The molecule has 6 rings (SSSR count). The number of nitrogens with zero attached hydrogens (tertiary/aromatic N) is 5. The largest absolute Gasteiger partial charge is 0.439 e. The summed E-state index contributed by atoms with van der Waals surface area (Å²) in [5, 5.41) is 4.76. The monoisotopic (exact) mass is 501 g/mol. The van der Waals surface area contributed by atoms with Gasteiger partial charge in [-0.15, -0.1) is 0 Å². The fourth-order valence-electron chi connectivity index (χ4n) is 4.13. The van der Waals surface area contributed by atoms with Crippen LogP contribution in [0.5, 0.6) is 11.6 Å². The molecule has 5 aromatic rings. The number of rotatable bonds is 4. The molecule has 0 spiro atoms. The molecular weight excluding hydrogens is 478 g/mol. The van der Waals surface area contributed by atoms with Crippen molar-refractivity contribution in [3.63, 3.8) is 0 Å². The van der Waals surface area contributed by atoms with E-state index in [1.165, 1.54) is 0 Å². The van der Waals surface area contributed by atoms with Crippen LogP contribution < -0.4 is 4.74 Å². The summed E-state index contributed by atoms with van der Waals surface area (Å²) in [4.78, 5) is 23.3. The molecule has 1 aliphatic rings. The lowest BCUT2D eigenvalue weighted by molar-refractivity contribution is 0.0303. The minimum absolute atomic E-state index is 0.0175. The van der Waals surface area contributed by atoms with Crippen LogP contribution in [0.1, 0.15) is 21.6 Å². The molecule has 0 N–H and O–H groups in total. The van der Waals surface area contributed by atoms with Crippen molar-refractivity contribution >= 4 is 11.6 Å². The van der Waals surface area contributed by atoms with Gasteiger partial charge >= 0.3 is 0 Å². The number of hydrogen-bond acceptors (Lipinski definition) is 6. The van der Waals surface area contributed by atoms with Crippen molar-refractivity contribution in [3.8, 4) is 34.7 Å². The average molecular weight is 502 g/mol. The normalized spacial score (nSPS) is 13.1. The number of ether oxygens (including phenoxy) is 2. The van der Waals surface area contributed by atoms with Gasteiger partial charge in [0.2, 0.25) is 5.88 Å². The summed E-state index contributed by atoms with van der Waals surface area (Å²) in [5.41, 5.74) is 4.42. The summed E-state index contributed by atoms with van der Waals surface area (Å²) in [6.45, 7) is 2.38. The summed E-state index contributed by atoms with van der Waals surface area (Å²) < 4.78 is 12.9. The van der Waals surface area contributed by atoms with Crippen molar-refractivity contribution < 1.29 is 14.3 Å². The maximum Gasteiger partial charge on any atom is 0.254 e. The van der Waals surface area contributed by atoms with E-state index in [2.05, 4.69) is 21.8 Å². The Balaban J connectivity index is 1.22. The van der Waals surface area contributed by atoms with Crippen LogP contribution >= 0.6 is 0 Å². The van der Waals surface area contributed by atoms with E-state index in [9.17, 15) is 4.79 Å². The van der Waals surface area contributed by atoms with E-state index >= 15 is 0 Å². The number of benzene rings is 2. The zero-order chi connectivity index (χ0) is 25.7. The molecule has 1 fully saturated rings. The molecule has 0 unspecified atom stereocenters.